The van der Waals surface area contributed by atoms with E-state index in [4.69, 9.17) is 0 Å². The Morgan fingerprint density at radius 1 is 1.52 bits per heavy atom. The Balaban J connectivity index is 2.06. The fourth-order valence-corrected chi connectivity index (χ4v) is 3.20. The quantitative estimate of drug-likeness (QED) is 0.521. The fraction of sp³-hybridized carbons (Fsp3) is 0.556. The maximum Gasteiger partial charge on any atom is 0.248 e. The number of nitrogens with one attached hydrogen (secondary N) is 1. The SMILES string of the molecule is CCCC[C@H](CN([O-])C=O)C(=O)N1CCC[C@H]1C(=O)Nc1ccc(F)cn1. The second-order valence-corrected chi connectivity index (χ2v) is 6.58. The predicted octanol–water partition coefficient (Wildman–Crippen LogP) is 1.91. The van der Waals surface area contributed by atoms with Crippen LogP contribution in [-0.4, -0.2) is 52.3 Å². The molecule has 0 aliphatic carbocycles. The molecule has 3 amide bonds. The van der Waals surface area contributed by atoms with Crippen LogP contribution in [0.5, 0.6) is 0 Å². The summed E-state index contributed by atoms with van der Waals surface area (Å²) < 4.78 is 12.9. The van der Waals surface area contributed by atoms with Crippen LogP contribution in [0.1, 0.15) is 39.0 Å². The van der Waals surface area contributed by atoms with Gasteiger partial charge in [-0.15, -0.1) is 0 Å². The topological polar surface area (TPSA) is 106 Å². The van der Waals surface area contributed by atoms with Crippen LogP contribution in [0.2, 0.25) is 0 Å². The van der Waals surface area contributed by atoms with E-state index in [-0.39, 0.29) is 29.7 Å². The summed E-state index contributed by atoms with van der Waals surface area (Å²) in [6.07, 6.45) is 4.38. The molecule has 0 unspecified atom stereocenters. The molecule has 1 saturated heterocycles. The van der Waals surface area contributed by atoms with Gasteiger partial charge in [0.2, 0.25) is 11.8 Å². The van der Waals surface area contributed by atoms with Gasteiger partial charge in [0.15, 0.2) is 6.41 Å². The standard InChI is InChI=1S/C18H24FN4O4/c1-2-3-5-13(11-22(27)12-24)18(26)23-9-4-6-15(23)17(25)21-16-8-7-14(19)10-20-16/h7-8,10,12-13,15H,2-6,9,11H2,1H3,(H,20,21,25)/q-1/t13-,15+/m1/s1. The molecule has 0 saturated carbocycles. The first kappa shape index (κ1) is 20.8. The van der Waals surface area contributed by atoms with Gasteiger partial charge in [-0.2, -0.15) is 0 Å². The Morgan fingerprint density at radius 2 is 2.30 bits per heavy atom. The van der Waals surface area contributed by atoms with Crippen molar-refractivity contribution in [3.05, 3.63) is 29.4 Å². The van der Waals surface area contributed by atoms with Crippen LogP contribution in [0, 0.1) is 16.9 Å². The minimum absolute atomic E-state index is 0.153. The van der Waals surface area contributed by atoms with Gasteiger partial charge < -0.3 is 20.5 Å². The van der Waals surface area contributed by atoms with Crippen LogP contribution in [0.3, 0.4) is 0 Å². The zero-order chi connectivity index (χ0) is 19.8. The Morgan fingerprint density at radius 3 is 2.93 bits per heavy atom. The summed E-state index contributed by atoms with van der Waals surface area (Å²) >= 11 is 0. The van der Waals surface area contributed by atoms with Crippen molar-refractivity contribution in [3.63, 3.8) is 0 Å². The van der Waals surface area contributed by atoms with Crippen molar-refractivity contribution >= 4 is 24.0 Å². The molecule has 1 fully saturated rings. The maximum absolute atomic E-state index is 12.9. The van der Waals surface area contributed by atoms with Crippen molar-refractivity contribution in [2.24, 2.45) is 5.92 Å². The van der Waals surface area contributed by atoms with Gasteiger partial charge in [-0.05, 0) is 31.4 Å². The Kier molecular flexibility index (Phi) is 7.66. The smallest absolute Gasteiger partial charge is 0.248 e. The van der Waals surface area contributed by atoms with Crippen LogP contribution in [-0.2, 0) is 14.4 Å². The van der Waals surface area contributed by atoms with Crippen LogP contribution < -0.4 is 5.32 Å². The number of carbonyl (C=O) groups is 3. The van der Waals surface area contributed by atoms with Gasteiger partial charge in [-0.25, -0.2) is 9.37 Å². The van der Waals surface area contributed by atoms with E-state index in [0.717, 1.165) is 19.0 Å². The number of likely N-dealkylation sites (tertiary alicyclic amines) is 1. The van der Waals surface area contributed by atoms with Crippen molar-refractivity contribution in [3.8, 4) is 0 Å². The average molecular weight is 379 g/mol. The molecule has 2 atom stereocenters. The minimum Gasteiger partial charge on any atom is -0.756 e. The molecular formula is C18H24FN4O4-. The molecule has 1 N–H and O–H groups in total. The predicted molar refractivity (Wildman–Crippen MR) is 96.7 cm³/mol. The second kappa shape index (κ2) is 9.96. The first-order chi connectivity index (χ1) is 13.0. The van der Waals surface area contributed by atoms with Gasteiger partial charge >= 0.3 is 0 Å². The molecular weight excluding hydrogens is 355 g/mol. The van der Waals surface area contributed by atoms with Crippen molar-refractivity contribution in [2.45, 2.75) is 45.1 Å². The van der Waals surface area contributed by atoms with Crippen LogP contribution in [0.4, 0.5) is 10.2 Å². The summed E-state index contributed by atoms with van der Waals surface area (Å²) in [6, 6.07) is 1.85. The van der Waals surface area contributed by atoms with Crippen molar-refractivity contribution in [1.82, 2.24) is 14.9 Å². The van der Waals surface area contributed by atoms with Crippen molar-refractivity contribution < 1.29 is 18.8 Å². The van der Waals surface area contributed by atoms with E-state index in [0.29, 0.717) is 25.8 Å². The summed E-state index contributed by atoms with van der Waals surface area (Å²) in [7, 11) is 0. The third-order valence-corrected chi connectivity index (χ3v) is 4.59. The number of rotatable bonds is 9. The molecule has 1 aromatic heterocycles. The monoisotopic (exact) mass is 379 g/mol. The molecule has 0 aromatic carbocycles. The lowest BCUT2D eigenvalue weighted by atomic mass is 9.99. The summed E-state index contributed by atoms with van der Waals surface area (Å²) in [4.78, 5) is 41.4. The Labute approximate surface area is 157 Å². The number of amides is 3. The molecule has 0 bridgehead atoms. The molecule has 2 rings (SSSR count). The van der Waals surface area contributed by atoms with E-state index in [1.54, 1.807) is 0 Å². The maximum atomic E-state index is 12.9. The number of unbranched alkanes of at least 4 members (excludes halogenated alkanes) is 1. The van der Waals surface area contributed by atoms with E-state index in [1.807, 2.05) is 6.92 Å². The summed E-state index contributed by atoms with van der Waals surface area (Å²) in [5.74, 6) is -1.64. The molecule has 148 valence electrons. The highest BCUT2D eigenvalue weighted by molar-refractivity contribution is 5.97. The molecule has 8 nitrogen and oxygen atoms in total. The van der Waals surface area contributed by atoms with Gasteiger partial charge in [0.05, 0.1) is 12.1 Å². The molecule has 9 heteroatoms. The molecule has 1 aliphatic rings. The Bertz CT molecular complexity index is 655. The first-order valence-electron chi connectivity index (χ1n) is 9.08. The number of aromatic nitrogens is 1. The highest BCUT2D eigenvalue weighted by Crippen LogP contribution is 2.23. The third-order valence-electron chi connectivity index (χ3n) is 4.59. The number of nitrogens with zero attached hydrogens (tertiary/aromatic N) is 3. The molecule has 1 aromatic rings. The number of hydrogen-bond donors (Lipinski definition) is 1. The number of hydrogen-bond acceptors (Lipinski definition) is 5. The molecule has 2 heterocycles. The summed E-state index contributed by atoms with van der Waals surface area (Å²) in [5, 5.41) is 14.3. The lowest BCUT2D eigenvalue weighted by Gasteiger charge is -2.32. The van der Waals surface area contributed by atoms with E-state index in [1.165, 1.54) is 17.0 Å². The minimum atomic E-state index is -0.676. The Hall–Kier alpha value is -2.55. The van der Waals surface area contributed by atoms with E-state index in [9.17, 15) is 24.0 Å². The van der Waals surface area contributed by atoms with Gasteiger partial charge in [-0.1, -0.05) is 19.8 Å². The van der Waals surface area contributed by atoms with Gasteiger partial charge in [0.25, 0.3) is 0 Å². The zero-order valence-corrected chi connectivity index (χ0v) is 15.3. The van der Waals surface area contributed by atoms with E-state index >= 15 is 0 Å². The summed E-state index contributed by atoms with van der Waals surface area (Å²) in [6.45, 7) is 2.17. The largest absolute Gasteiger partial charge is 0.756 e. The summed E-state index contributed by atoms with van der Waals surface area (Å²) in [5.41, 5.74) is 0. The lowest BCUT2D eigenvalue weighted by Crippen LogP contribution is -2.47. The van der Waals surface area contributed by atoms with Gasteiger partial charge in [0, 0.05) is 13.1 Å². The molecule has 1 aliphatic heterocycles. The van der Waals surface area contributed by atoms with Crippen molar-refractivity contribution in [2.75, 3.05) is 18.4 Å². The first-order valence-corrected chi connectivity index (χ1v) is 9.08. The third kappa shape index (κ3) is 5.72. The van der Waals surface area contributed by atoms with Gasteiger partial charge in [-0.3, -0.25) is 14.4 Å². The number of halogens is 1. The molecule has 0 spiro atoms. The van der Waals surface area contributed by atoms with Crippen LogP contribution in [0.15, 0.2) is 18.3 Å². The number of hydroxylamine groups is 2. The second-order valence-electron chi connectivity index (χ2n) is 6.58. The van der Waals surface area contributed by atoms with Crippen molar-refractivity contribution in [1.29, 1.82) is 0 Å². The number of pyridine rings is 1. The number of anilines is 1. The van der Waals surface area contributed by atoms with Gasteiger partial charge in [0.1, 0.15) is 17.7 Å². The molecule has 27 heavy (non-hydrogen) atoms. The zero-order valence-electron chi connectivity index (χ0n) is 15.3. The fourth-order valence-electron chi connectivity index (χ4n) is 3.20. The lowest BCUT2D eigenvalue weighted by molar-refractivity contribution is -0.141. The molecule has 0 radical (unpaired) electrons. The highest BCUT2D eigenvalue weighted by Gasteiger charge is 2.37. The highest BCUT2D eigenvalue weighted by atomic mass is 19.1. The van der Waals surface area contributed by atoms with E-state index < -0.39 is 23.7 Å². The van der Waals surface area contributed by atoms with Crippen LogP contribution in [0.25, 0.3) is 0 Å². The van der Waals surface area contributed by atoms with E-state index in [2.05, 4.69) is 10.3 Å². The normalized spacial score (nSPS) is 17.4. The average Bonchev–Trinajstić information content (AvgIpc) is 3.16. The number of carbonyl (C=O) groups excluding carboxylic acids is 3. The van der Waals surface area contributed by atoms with Crippen LogP contribution >= 0.6 is 0 Å².